The Morgan fingerprint density at radius 1 is 0.435 bits per heavy atom. The highest BCUT2D eigenvalue weighted by Gasteiger charge is 2.18. The molecule has 2 heteroatoms. The molecule has 1 unspecified atom stereocenters. The zero-order chi connectivity index (χ0) is 50.6. The van der Waals surface area contributed by atoms with Crippen LogP contribution in [-0.4, -0.2) is 6.04 Å². The van der Waals surface area contributed by atoms with Gasteiger partial charge in [0.15, 0.2) is 0 Å². The molecule has 62 heavy (non-hydrogen) atoms. The van der Waals surface area contributed by atoms with Crippen LogP contribution in [-0.2, 0) is 0 Å². The van der Waals surface area contributed by atoms with Crippen molar-refractivity contribution in [2.24, 2.45) is 0 Å². The van der Waals surface area contributed by atoms with Gasteiger partial charge in [0.25, 0.3) is 0 Å². The van der Waals surface area contributed by atoms with Gasteiger partial charge in [-0.3, -0.25) is 0 Å². The van der Waals surface area contributed by atoms with Crippen molar-refractivity contribution in [1.29, 1.82) is 0 Å². The maximum atomic E-state index is 8.45. The largest absolute Gasteiger partial charge is 0.341 e. The Morgan fingerprint density at radius 3 is 1.31 bits per heavy atom. The van der Waals surface area contributed by atoms with Crippen molar-refractivity contribution in [1.82, 2.24) is 0 Å². The number of anilines is 4. The molecule has 0 heterocycles. The molecule has 8 aromatic carbocycles. The summed E-state index contributed by atoms with van der Waals surface area (Å²) in [6, 6.07) is 48.0. The number of hydrogen-bond donors (Lipinski definition) is 0. The maximum Gasteiger partial charge on any atom is 0.0629 e. The number of benzene rings is 8. The van der Waals surface area contributed by atoms with Crippen LogP contribution in [0.2, 0.25) is 0 Å². The predicted octanol–water partition coefficient (Wildman–Crippen LogP) is 16.3. The van der Waals surface area contributed by atoms with Gasteiger partial charge in [-0.05, 0) is 117 Å². The quantitative estimate of drug-likeness (QED) is 0.107. The van der Waals surface area contributed by atoms with Crippen LogP contribution in [0.4, 0.5) is 22.7 Å². The fourth-order valence-corrected chi connectivity index (χ4v) is 7.60. The molecule has 298 valence electrons. The van der Waals surface area contributed by atoms with E-state index < -0.39 is 12.1 Å². The molecule has 0 bridgehead atoms. The highest BCUT2D eigenvalue weighted by molar-refractivity contribution is 5.81. The minimum Gasteiger partial charge on any atom is -0.341 e. The van der Waals surface area contributed by atoms with E-state index in [1.54, 1.807) is 18.2 Å². The molecule has 0 spiro atoms. The standard InChI is InChI=1S/C60H48N2/c1-2-3-4-14-45-61(56-37-29-52(30-38-56)46-15-8-5-9-16-46)57-39-31-54(32-40-57)50-25-21-48(22-26-50)49-23-27-51(28-24-49)55-35-43-60(44-36-55)62(58-19-12-7-13-20-58)59-41-33-53(34-42-59)47-17-10-6-11-18-47/h2-37,39-45,56H,1,38H2/b4-3-,45-14+/i5D,6D,8D,9D,10D,11D,15D,16D,17D,18D. The number of para-hydroxylation sites is 1. The molecule has 0 aliphatic heterocycles. The lowest BCUT2D eigenvalue weighted by Gasteiger charge is -2.30. The number of hydrogen-bond acceptors (Lipinski definition) is 2. The summed E-state index contributed by atoms with van der Waals surface area (Å²) in [5, 5.41) is 0. The zero-order valence-corrected chi connectivity index (χ0v) is 33.9. The van der Waals surface area contributed by atoms with Gasteiger partial charge in [0.1, 0.15) is 0 Å². The summed E-state index contributed by atoms with van der Waals surface area (Å²) >= 11 is 0. The minimum atomic E-state index is -0.413. The van der Waals surface area contributed by atoms with Crippen LogP contribution in [0.3, 0.4) is 0 Å². The third-order valence-corrected chi connectivity index (χ3v) is 10.8. The van der Waals surface area contributed by atoms with Gasteiger partial charge < -0.3 is 9.80 Å². The summed E-state index contributed by atoms with van der Waals surface area (Å²) in [5.41, 5.74) is 11.7. The summed E-state index contributed by atoms with van der Waals surface area (Å²) in [6.07, 6.45) is 15.8. The van der Waals surface area contributed by atoms with Crippen LogP contribution >= 0.6 is 0 Å². The Labute approximate surface area is 380 Å². The Kier molecular flexibility index (Phi) is 8.97. The van der Waals surface area contributed by atoms with Crippen LogP contribution in [0, 0.1) is 0 Å². The third-order valence-electron chi connectivity index (χ3n) is 10.8. The smallest absolute Gasteiger partial charge is 0.0629 e. The molecule has 0 N–H and O–H groups in total. The minimum absolute atomic E-state index is 0.0814. The van der Waals surface area contributed by atoms with Crippen molar-refractivity contribution >= 4 is 28.3 Å². The average Bonchev–Trinajstić information content (AvgIpc) is 3.42. The van der Waals surface area contributed by atoms with Crippen molar-refractivity contribution in [3.8, 4) is 44.5 Å². The second-order valence-electron chi connectivity index (χ2n) is 14.7. The first-order valence-electron chi connectivity index (χ1n) is 25.5. The van der Waals surface area contributed by atoms with Crippen LogP contribution in [0.25, 0.3) is 50.1 Å². The van der Waals surface area contributed by atoms with Crippen LogP contribution in [0.5, 0.6) is 0 Å². The normalized spacial score (nSPS) is 15.8. The van der Waals surface area contributed by atoms with E-state index in [0.717, 1.165) is 56.1 Å². The van der Waals surface area contributed by atoms with E-state index in [0.29, 0.717) is 17.6 Å². The number of rotatable bonds is 13. The summed E-state index contributed by atoms with van der Waals surface area (Å²) in [5.74, 6) is 0. The predicted molar refractivity (Wildman–Crippen MR) is 266 cm³/mol. The first-order chi connectivity index (χ1) is 34.8. The summed E-state index contributed by atoms with van der Waals surface area (Å²) in [6.45, 7) is 3.77. The van der Waals surface area contributed by atoms with Crippen LogP contribution in [0.1, 0.15) is 25.7 Å². The lowest BCUT2D eigenvalue weighted by Crippen LogP contribution is -2.29. The molecule has 0 amide bonds. The Bertz CT molecular complexity index is 3360. The van der Waals surface area contributed by atoms with Crippen LogP contribution < -0.4 is 9.80 Å². The van der Waals surface area contributed by atoms with E-state index in [-0.39, 0.29) is 65.5 Å². The second kappa shape index (κ2) is 19.0. The SMILES string of the molecule is [2H]c1c([2H])c([2H])c(C2=CCC(N(/C=C/C=C\C=C)c3ccc(-c4ccc(-c5ccc(-c6ccc(N(c7ccccc7)c7ccc(-c8c([2H])c([2H])c([2H])c([2H])c8[2H])cc7)cc6)cc5)cc4)cc3)C=C2)c([2H])c1[2H]. The Hall–Kier alpha value is -7.94. The van der Waals surface area contributed by atoms with Crippen molar-refractivity contribution in [2.75, 3.05) is 9.80 Å². The highest BCUT2D eigenvalue weighted by Crippen LogP contribution is 2.37. The fraction of sp³-hybridized carbons (Fsp3) is 0.0333. The van der Waals surface area contributed by atoms with Gasteiger partial charge in [0.05, 0.1) is 19.7 Å². The molecule has 1 aliphatic rings. The average molecular weight is 807 g/mol. The van der Waals surface area contributed by atoms with Gasteiger partial charge in [0, 0.05) is 28.9 Å². The van der Waals surface area contributed by atoms with Crippen molar-refractivity contribution in [2.45, 2.75) is 12.5 Å². The van der Waals surface area contributed by atoms with Crippen molar-refractivity contribution < 1.29 is 13.7 Å². The Morgan fingerprint density at radius 2 is 0.855 bits per heavy atom. The molecule has 1 aliphatic carbocycles. The van der Waals surface area contributed by atoms with Gasteiger partial charge in [-0.15, -0.1) is 0 Å². The van der Waals surface area contributed by atoms with E-state index in [9.17, 15) is 0 Å². The molecule has 0 aromatic heterocycles. The molecule has 0 radical (unpaired) electrons. The van der Waals surface area contributed by atoms with Gasteiger partial charge in [-0.1, -0.05) is 207 Å². The monoisotopic (exact) mass is 806 g/mol. The van der Waals surface area contributed by atoms with E-state index in [2.05, 4.69) is 113 Å². The molecule has 0 saturated carbocycles. The number of allylic oxidation sites excluding steroid dienone is 6. The van der Waals surface area contributed by atoms with Gasteiger partial charge in [-0.2, -0.15) is 0 Å². The van der Waals surface area contributed by atoms with Gasteiger partial charge in [-0.25, -0.2) is 0 Å². The van der Waals surface area contributed by atoms with Gasteiger partial charge >= 0.3 is 0 Å². The summed E-state index contributed by atoms with van der Waals surface area (Å²) < 4.78 is 82.3. The molecule has 9 rings (SSSR count). The summed E-state index contributed by atoms with van der Waals surface area (Å²) in [7, 11) is 0. The molecule has 1 atom stereocenters. The summed E-state index contributed by atoms with van der Waals surface area (Å²) in [4.78, 5) is 4.28. The molecule has 0 fully saturated rings. The zero-order valence-electron chi connectivity index (χ0n) is 43.9. The van der Waals surface area contributed by atoms with E-state index >= 15 is 0 Å². The Balaban J connectivity index is 0.893. The van der Waals surface area contributed by atoms with Crippen molar-refractivity contribution in [3.63, 3.8) is 0 Å². The molecular formula is C60H48N2. The molecule has 2 nitrogen and oxygen atoms in total. The van der Waals surface area contributed by atoms with E-state index in [1.165, 1.54) is 0 Å². The first-order valence-corrected chi connectivity index (χ1v) is 20.5. The topological polar surface area (TPSA) is 6.48 Å². The van der Waals surface area contributed by atoms with Crippen LogP contribution in [0.15, 0.2) is 267 Å². The lowest BCUT2D eigenvalue weighted by molar-refractivity contribution is 0.781. The first kappa shape index (κ1) is 29.3. The third kappa shape index (κ3) is 9.11. The number of nitrogens with zero attached hydrogens (tertiary/aromatic N) is 2. The molecule has 0 saturated heterocycles. The second-order valence-corrected chi connectivity index (χ2v) is 14.7. The lowest BCUT2D eigenvalue weighted by atomic mass is 9.96. The molecular weight excluding hydrogens is 749 g/mol. The van der Waals surface area contributed by atoms with Gasteiger partial charge in [0.2, 0.25) is 0 Å². The maximum absolute atomic E-state index is 8.45. The van der Waals surface area contributed by atoms with E-state index in [1.807, 2.05) is 85.1 Å². The van der Waals surface area contributed by atoms with E-state index in [4.69, 9.17) is 13.7 Å². The van der Waals surface area contributed by atoms with Crippen molar-refractivity contribution in [3.05, 3.63) is 273 Å². The fourth-order valence-electron chi connectivity index (χ4n) is 7.60. The molecule has 8 aromatic rings. The highest BCUT2D eigenvalue weighted by atomic mass is 15.1.